The molecular weight excluding hydrogens is 262 g/mol. The highest BCUT2D eigenvalue weighted by Gasteiger charge is 2.16. The zero-order valence-corrected chi connectivity index (χ0v) is 12.2. The van der Waals surface area contributed by atoms with Crippen molar-refractivity contribution in [3.05, 3.63) is 42.1 Å². The van der Waals surface area contributed by atoms with Crippen LogP contribution in [0.1, 0.15) is 24.8 Å². The highest BCUT2D eigenvalue weighted by atomic mass is 16.2. The normalized spacial score (nSPS) is 14.8. The summed E-state index contributed by atoms with van der Waals surface area (Å²) < 4.78 is 0. The third-order valence-electron chi connectivity index (χ3n) is 4.01. The monoisotopic (exact) mass is 283 g/mol. The summed E-state index contributed by atoms with van der Waals surface area (Å²) >= 11 is 0. The van der Waals surface area contributed by atoms with Crippen molar-refractivity contribution in [2.75, 3.05) is 19.6 Å². The van der Waals surface area contributed by atoms with Gasteiger partial charge >= 0.3 is 0 Å². The van der Waals surface area contributed by atoms with Crippen LogP contribution in [-0.4, -0.2) is 35.4 Å². The van der Waals surface area contributed by atoms with Gasteiger partial charge in [-0.1, -0.05) is 24.3 Å². The van der Waals surface area contributed by atoms with E-state index in [0.29, 0.717) is 6.42 Å². The number of nitrogens with one attached hydrogen (secondary N) is 1. The molecule has 3 rings (SSSR count). The number of rotatable bonds is 5. The maximum atomic E-state index is 11.9. The largest absolute Gasteiger partial charge is 0.343 e. The average Bonchev–Trinajstić information content (AvgIpc) is 3.06. The molecule has 1 aromatic heterocycles. The molecule has 0 bridgehead atoms. The fourth-order valence-corrected chi connectivity index (χ4v) is 2.85. The van der Waals surface area contributed by atoms with Crippen LogP contribution in [0.2, 0.25) is 0 Å². The Morgan fingerprint density at radius 1 is 1.19 bits per heavy atom. The minimum Gasteiger partial charge on any atom is -0.343 e. The lowest BCUT2D eigenvalue weighted by atomic mass is 10.1. The molecule has 21 heavy (non-hydrogen) atoms. The molecule has 4 heteroatoms. The first-order chi connectivity index (χ1) is 10.3. The van der Waals surface area contributed by atoms with Crippen LogP contribution in [0, 0.1) is 0 Å². The Labute approximate surface area is 125 Å². The third-order valence-corrected chi connectivity index (χ3v) is 4.01. The van der Waals surface area contributed by atoms with E-state index in [1.807, 2.05) is 17.2 Å². The smallest absolute Gasteiger partial charge is 0.223 e. The molecule has 1 aliphatic heterocycles. The number of pyridine rings is 1. The number of hydrogen-bond acceptors (Lipinski definition) is 3. The quantitative estimate of drug-likeness (QED) is 0.857. The van der Waals surface area contributed by atoms with Crippen LogP contribution >= 0.6 is 0 Å². The van der Waals surface area contributed by atoms with Gasteiger partial charge in [0.15, 0.2) is 0 Å². The number of carbonyl (C=O) groups is 1. The van der Waals surface area contributed by atoms with Crippen LogP contribution in [0.5, 0.6) is 0 Å². The minimum atomic E-state index is 0.274. The number of likely N-dealkylation sites (tertiary alicyclic amines) is 1. The number of nitrogens with zero attached hydrogens (tertiary/aromatic N) is 2. The van der Waals surface area contributed by atoms with Gasteiger partial charge in [-0.15, -0.1) is 0 Å². The summed E-state index contributed by atoms with van der Waals surface area (Å²) in [7, 11) is 0. The number of para-hydroxylation sites is 1. The van der Waals surface area contributed by atoms with Crippen molar-refractivity contribution in [1.29, 1.82) is 0 Å². The van der Waals surface area contributed by atoms with Gasteiger partial charge in [-0.25, -0.2) is 0 Å². The van der Waals surface area contributed by atoms with Crippen LogP contribution in [0.4, 0.5) is 0 Å². The molecule has 1 fully saturated rings. The van der Waals surface area contributed by atoms with Crippen molar-refractivity contribution >= 4 is 16.8 Å². The second-order valence-corrected chi connectivity index (χ2v) is 5.51. The third kappa shape index (κ3) is 3.39. The van der Waals surface area contributed by atoms with Gasteiger partial charge in [0.25, 0.3) is 0 Å². The first-order valence-electron chi connectivity index (χ1n) is 7.66. The van der Waals surface area contributed by atoms with Crippen molar-refractivity contribution < 1.29 is 4.79 Å². The summed E-state index contributed by atoms with van der Waals surface area (Å²) in [5.41, 5.74) is 2.22. The highest BCUT2D eigenvalue weighted by Crippen LogP contribution is 2.15. The second kappa shape index (κ2) is 6.68. The van der Waals surface area contributed by atoms with Crippen molar-refractivity contribution in [2.45, 2.75) is 25.8 Å². The van der Waals surface area contributed by atoms with Gasteiger partial charge in [-0.05, 0) is 24.5 Å². The average molecular weight is 283 g/mol. The van der Waals surface area contributed by atoms with Crippen molar-refractivity contribution in [3.63, 3.8) is 0 Å². The van der Waals surface area contributed by atoms with Gasteiger partial charge in [0.05, 0.1) is 5.52 Å². The molecule has 2 heterocycles. The van der Waals surface area contributed by atoms with Crippen LogP contribution in [0.25, 0.3) is 10.9 Å². The fourth-order valence-electron chi connectivity index (χ4n) is 2.85. The van der Waals surface area contributed by atoms with E-state index >= 15 is 0 Å². The lowest BCUT2D eigenvalue weighted by Gasteiger charge is -2.15. The molecule has 0 radical (unpaired) electrons. The minimum absolute atomic E-state index is 0.274. The summed E-state index contributed by atoms with van der Waals surface area (Å²) in [6.45, 7) is 3.35. The zero-order valence-electron chi connectivity index (χ0n) is 12.2. The summed E-state index contributed by atoms with van der Waals surface area (Å²) in [5, 5.41) is 4.52. The van der Waals surface area contributed by atoms with E-state index in [0.717, 1.165) is 49.9 Å². The van der Waals surface area contributed by atoms with E-state index in [4.69, 9.17) is 0 Å². The molecule has 0 atom stereocenters. The topological polar surface area (TPSA) is 45.2 Å². The molecule has 1 aliphatic rings. The van der Waals surface area contributed by atoms with Crippen LogP contribution in [-0.2, 0) is 11.3 Å². The Morgan fingerprint density at radius 3 is 2.86 bits per heavy atom. The molecule has 0 unspecified atom stereocenters. The summed E-state index contributed by atoms with van der Waals surface area (Å²) in [5.74, 6) is 0.274. The van der Waals surface area contributed by atoms with Gasteiger partial charge in [0.2, 0.25) is 5.91 Å². The van der Waals surface area contributed by atoms with Crippen LogP contribution in [0.15, 0.2) is 36.5 Å². The maximum absolute atomic E-state index is 11.9. The first-order valence-corrected chi connectivity index (χ1v) is 7.66. The lowest BCUT2D eigenvalue weighted by molar-refractivity contribution is -0.130. The number of benzene rings is 1. The second-order valence-electron chi connectivity index (χ2n) is 5.51. The van der Waals surface area contributed by atoms with Gasteiger partial charge in [0, 0.05) is 44.2 Å². The number of fused-ring (bicyclic) bond motifs is 1. The Bertz CT molecular complexity index is 615. The van der Waals surface area contributed by atoms with E-state index in [1.165, 1.54) is 5.56 Å². The summed E-state index contributed by atoms with van der Waals surface area (Å²) in [6, 6.07) is 10.2. The van der Waals surface area contributed by atoms with Gasteiger partial charge in [0.1, 0.15) is 0 Å². The van der Waals surface area contributed by atoms with E-state index < -0.39 is 0 Å². The predicted molar refractivity (Wildman–Crippen MR) is 83.9 cm³/mol. The predicted octanol–water partition coefficient (Wildman–Crippen LogP) is 2.34. The maximum Gasteiger partial charge on any atom is 0.223 e. The molecule has 1 aromatic carbocycles. The number of amides is 1. The zero-order chi connectivity index (χ0) is 14.5. The molecule has 0 saturated carbocycles. The van der Waals surface area contributed by atoms with E-state index in [1.54, 1.807) is 0 Å². The molecule has 4 nitrogen and oxygen atoms in total. The highest BCUT2D eigenvalue weighted by molar-refractivity contribution is 5.81. The Hall–Kier alpha value is -1.94. The Balaban J connectivity index is 1.51. The van der Waals surface area contributed by atoms with Gasteiger partial charge < -0.3 is 10.2 Å². The van der Waals surface area contributed by atoms with Crippen molar-refractivity contribution in [3.8, 4) is 0 Å². The SMILES string of the molecule is O=C(CCNCc1cccc2cccnc12)N1CCCC1. The molecular formula is C17H21N3O. The Kier molecular flexibility index (Phi) is 4.46. The molecule has 0 spiro atoms. The number of carbonyl (C=O) groups excluding carboxylic acids is 1. The summed E-state index contributed by atoms with van der Waals surface area (Å²) in [6.07, 6.45) is 4.71. The molecule has 2 aromatic rings. The van der Waals surface area contributed by atoms with E-state index in [-0.39, 0.29) is 5.91 Å². The van der Waals surface area contributed by atoms with Gasteiger partial charge in [-0.2, -0.15) is 0 Å². The number of hydrogen-bond donors (Lipinski definition) is 1. The molecule has 1 saturated heterocycles. The lowest BCUT2D eigenvalue weighted by Crippen LogP contribution is -2.30. The van der Waals surface area contributed by atoms with Crippen molar-refractivity contribution in [2.24, 2.45) is 0 Å². The standard InChI is InChI=1S/C17H21N3O/c21-16(20-11-1-2-12-20)8-10-18-13-15-6-3-5-14-7-4-9-19-17(14)15/h3-7,9,18H,1-2,8,10-13H2. The van der Waals surface area contributed by atoms with Gasteiger partial charge in [-0.3, -0.25) is 9.78 Å². The first kappa shape index (κ1) is 14.0. The molecule has 0 aliphatic carbocycles. The molecule has 110 valence electrons. The van der Waals surface area contributed by atoms with Crippen LogP contribution in [0.3, 0.4) is 0 Å². The fraction of sp³-hybridized carbons (Fsp3) is 0.412. The molecule has 1 N–H and O–H groups in total. The van der Waals surface area contributed by atoms with Crippen LogP contribution < -0.4 is 5.32 Å². The summed E-state index contributed by atoms with van der Waals surface area (Å²) in [4.78, 5) is 18.4. The van der Waals surface area contributed by atoms with E-state index in [9.17, 15) is 4.79 Å². The van der Waals surface area contributed by atoms with Crippen molar-refractivity contribution in [1.82, 2.24) is 15.2 Å². The number of aromatic nitrogens is 1. The Morgan fingerprint density at radius 2 is 2.00 bits per heavy atom. The molecule has 1 amide bonds. The van der Waals surface area contributed by atoms with E-state index in [2.05, 4.69) is 34.6 Å².